The van der Waals surface area contributed by atoms with E-state index >= 15 is 0 Å². The molecule has 4 nitrogen and oxygen atoms in total. The zero-order chi connectivity index (χ0) is 11.3. The molecule has 1 aromatic carbocycles. The second-order valence-corrected chi connectivity index (χ2v) is 3.06. The van der Waals surface area contributed by atoms with Crippen LogP contribution in [0, 0.1) is 5.82 Å². The highest BCUT2D eigenvalue weighted by atomic mass is 19.1. The number of nitrogens with one attached hydrogen (secondary N) is 1. The van der Waals surface area contributed by atoms with Crippen molar-refractivity contribution in [1.82, 2.24) is 5.43 Å². The van der Waals surface area contributed by atoms with Crippen molar-refractivity contribution in [2.45, 2.75) is 6.92 Å². The fourth-order valence-corrected chi connectivity index (χ4v) is 1.26. The molecule has 0 heterocycles. The molecule has 82 valence electrons. The van der Waals surface area contributed by atoms with E-state index in [4.69, 9.17) is 5.84 Å². The van der Waals surface area contributed by atoms with Crippen LogP contribution in [0.25, 0.3) is 0 Å². The predicted molar refractivity (Wildman–Crippen MR) is 56.6 cm³/mol. The first-order valence-electron chi connectivity index (χ1n) is 4.67. The Morgan fingerprint density at radius 2 is 2.07 bits per heavy atom. The number of likely N-dealkylation sites (N-methyl/N-ethyl adjacent to an activating group) is 1. The van der Waals surface area contributed by atoms with Crippen LogP contribution in [0.4, 0.5) is 10.1 Å². The van der Waals surface area contributed by atoms with Gasteiger partial charge in [0.25, 0.3) is 5.91 Å². The number of benzene rings is 1. The molecule has 0 aliphatic heterocycles. The summed E-state index contributed by atoms with van der Waals surface area (Å²) in [5.74, 6) is 4.42. The van der Waals surface area contributed by atoms with Crippen molar-refractivity contribution in [3.8, 4) is 0 Å². The number of carbonyl (C=O) groups excluding carboxylic acids is 1. The van der Waals surface area contributed by atoms with Gasteiger partial charge in [0.05, 0.1) is 6.54 Å². The van der Waals surface area contributed by atoms with E-state index in [1.54, 1.807) is 17.0 Å². The van der Waals surface area contributed by atoms with Crippen LogP contribution in [-0.4, -0.2) is 19.0 Å². The monoisotopic (exact) mass is 211 g/mol. The van der Waals surface area contributed by atoms with Crippen LogP contribution < -0.4 is 16.2 Å². The number of nitrogens with two attached hydrogens (primary N) is 1. The first kappa shape index (κ1) is 11.5. The Morgan fingerprint density at radius 1 is 1.47 bits per heavy atom. The Hall–Kier alpha value is -1.62. The predicted octanol–water partition coefficient (Wildman–Crippen LogP) is 0.642. The lowest BCUT2D eigenvalue weighted by Crippen LogP contribution is -2.40. The quantitative estimate of drug-likeness (QED) is 0.436. The molecule has 0 aliphatic carbocycles. The molecule has 0 saturated carbocycles. The fraction of sp³-hybridized carbons (Fsp3) is 0.300. The molecule has 0 aromatic heterocycles. The summed E-state index contributed by atoms with van der Waals surface area (Å²) in [6, 6.07) is 5.97. The number of carbonyl (C=O) groups is 1. The fourth-order valence-electron chi connectivity index (χ4n) is 1.26. The third-order valence-corrected chi connectivity index (χ3v) is 2.07. The Morgan fingerprint density at radius 3 is 2.53 bits per heavy atom. The Labute approximate surface area is 87.8 Å². The van der Waals surface area contributed by atoms with E-state index in [1.807, 2.05) is 6.92 Å². The van der Waals surface area contributed by atoms with E-state index < -0.39 is 0 Å². The number of hydrogen-bond donors (Lipinski definition) is 2. The minimum absolute atomic E-state index is 0.165. The number of anilines is 1. The van der Waals surface area contributed by atoms with Gasteiger partial charge in [-0.2, -0.15) is 0 Å². The lowest BCUT2D eigenvalue weighted by atomic mass is 10.2. The standard InChI is InChI=1S/C10H14FN3O/c1-2-14(7-10(15)13-12)9-5-3-8(11)4-6-9/h3-6H,2,7,12H2,1H3,(H,13,15). The Balaban J connectivity index is 2.74. The molecule has 1 rings (SSSR count). The molecule has 0 aliphatic rings. The number of nitrogens with zero attached hydrogens (tertiary/aromatic N) is 1. The number of halogens is 1. The van der Waals surface area contributed by atoms with Crippen molar-refractivity contribution < 1.29 is 9.18 Å². The van der Waals surface area contributed by atoms with Crippen molar-refractivity contribution in [3.63, 3.8) is 0 Å². The first-order chi connectivity index (χ1) is 7.17. The molecule has 1 aromatic rings. The summed E-state index contributed by atoms with van der Waals surface area (Å²) in [5.41, 5.74) is 2.85. The highest BCUT2D eigenvalue weighted by molar-refractivity contribution is 5.80. The van der Waals surface area contributed by atoms with Crippen molar-refractivity contribution in [1.29, 1.82) is 0 Å². The van der Waals surface area contributed by atoms with Crippen molar-refractivity contribution in [2.75, 3.05) is 18.0 Å². The third kappa shape index (κ3) is 3.21. The van der Waals surface area contributed by atoms with Crippen molar-refractivity contribution in [3.05, 3.63) is 30.1 Å². The third-order valence-electron chi connectivity index (χ3n) is 2.07. The Kier molecular flexibility index (Phi) is 4.05. The van der Waals surface area contributed by atoms with Crippen LogP contribution >= 0.6 is 0 Å². The van der Waals surface area contributed by atoms with E-state index in [0.29, 0.717) is 6.54 Å². The van der Waals surface area contributed by atoms with Crippen LogP contribution in [0.3, 0.4) is 0 Å². The molecule has 0 unspecified atom stereocenters. The second-order valence-electron chi connectivity index (χ2n) is 3.06. The molecule has 0 fully saturated rings. The van der Waals surface area contributed by atoms with Crippen LogP contribution in [0.2, 0.25) is 0 Å². The van der Waals surface area contributed by atoms with Gasteiger partial charge in [0.15, 0.2) is 0 Å². The number of rotatable bonds is 4. The molecular formula is C10H14FN3O. The highest BCUT2D eigenvalue weighted by Gasteiger charge is 2.08. The molecule has 0 radical (unpaired) electrons. The summed E-state index contributed by atoms with van der Waals surface area (Å²) < 4.78 is 12.7. The van der Waals surface area contributed by atoms with E-state index in [1.165, 1.54) is 12.1 Å². The van der Waals surface area contributed by atoms with E-state index in [0.717, 1.165) is 5.69 Å². The minimum atomic E-state index is -0.293. The largest absolute Gasteiger partial charge is 0.362 e. The number of hydrogen-bond acceptors (Lipinski definition) is 3. The van der Waals surface area contributed by atoms with Gasteiger partial charge in [-0.3, -0.25) is 10.2 Å². The molecule has 3 N–H and O–H groups in total. The molecule has 0 bridgehead atoms. The zero-order valence-electron chi connectivity index (χ0n) is 8.53. The molecule has 0 spiro atoms. The lowest BCUT2D eigenvalue weighted by Gasteiger charge is -2.21. The topological polar surface area (TPSA) is 58.4 Å². The average Bonchev–Trinajstić information content (AvgIpc) is 2.27. The van der Waals surface area contributed by atoms with Crippen LogP contribution in [0.1, 0.15) is 6.92 Å². The average molecular weight is 211 g/mol. The number of hydrazine groups is 1. The number of amides is 1. The van der Waals surface area contributed by atoms with E-state index in [9.17, 15) is 9.18 Å². The molecule has 0 saturated heterocycles. The van der Waals surface area contributed by atoms with Gasteiger partial charge in [-0.15, -0.1) is 0 Å². The van der Waals surface area contributed by atoms with Crippen LogP contribution in [0.15, 0.2) is 24.3 Å². The first-order valence-corrected chi connectivity index (χ1v) is 4.67. The summed E-state index contributed by atoms with van der Waals surface area (Å²) in [5, 5.41) is 0. The molecule has 15 heavy (non-hydrogen) atoms. The van der Waals surface area contributed by atoms with Gasteiger partial charge in [-0.05, 0) is 31.2 Å². The van der Waals surface area contributed by atoms with Gasteiger partial charge in [-0.1, -0.05) is 0 Å². The summed E-state index contributed by atoms with van der Waals surface area (Å²) >= 11 is 0. The summed E-state index contributed by atoms with van der Waals surface area (Å²) in [6.07, 6.45) is 0. The summed E-state index contributed by atoms with van der Waals surface area (Å²) in [6.45, 7) is 2.73. The molecular weight excluding hydrogens is 197 g/mol. The van der Waals surface area contributed by atoms with Gasteiger partial charge < -0.3 is 4.90 Å². The molecule has 5 heteroatoms. The molecule has 0 atom stereocenters. The maximum atomic E-state index is 12.7. The normalized spacial score (nSPS) is 9.80. The van der Waals surface area contributed by atoms with Gasteiger partial charge in [0.2, 0.25) is 0 Å². The van der Waals surface area contributed by atoms with Crippen LogP contribution in [0.5, 0.6) is 0 Å². The van der Waals surface area contributed by atoms with Crippen molar-refractivity contribution >= 4 is 11.6 Å². The summed E-state index contributed by atoms with van der Waals surface area (Å²) in [7, 11) is 0. The highest BCUT2D eigenvalue weighted by Crippen LogP contribution is 2.13. The summed E-state index contributed by atoms with van der Waals surface area (Å²) in [4.78, 5) is 12.9. The smallest absolute Gasteiger partial charge is 0.253 e. The van der Waals surface area contributed by atoms with Crippen molar-refractivity contribution in [2.24, 2.45) is 5.84 Å². The van der Waals surface area contributed by atoms with Gasteiger partial charge >= 0.3 is 0 Å². The maximum Gasteiger partial charge on any atom is 0.253 e. The molecule has 1 amide bonds. The van der Waals surface area contributed by atoms with E-state index in [-0.39, 0.29) is 18.3 Å². The van der Waals surface area contributed by atoms with Gasteiger partial charge in [0, 0.05) is 12.2 Å². The second kappa shape index (κ2) is 5.31. The Bertz CT molecular complexity index is 326. The van der Waals surface area contributed by atoms with Gasteiger partial charge in [0.1, 0.15) is 5.82 Å². The minimum Gasteiger partial charge on any atom is -0.362 e. The van der Waals surface area contributed by atoms with Crippen LogP contribution in [-0.2, 0) is 4.79 Å². The zero-order valence-corrected chi connectivity index (χ0v) is 8.53. The SMILES string of the molecule is CCN(CC(=O)NN)c1ccc(F)cc1. The van der Waals surface area contributed by atoms with E-state index in [2.05, 4.69) is 5.43 Å². The van der Waals surface area contributed by atoms with Gasteiger partial charge in [-0.25, -0.2) is 10.2 Å². The lowest BCUT2D eigenvalue weighted by molar-refractivity contribution is -0.119. The maximum absolute atomic E-state index is 12.7.